The van der Waals surface area contributed by atoms with Gasteiger partial charge < -0.3 is 9.30 Å². The van der Waals surface area contributed by atoms with Crippen molar-refractivity contribution < 1.29 is 13.2 Å². The third-order valence-corrected chi connectivity index (χ3v) is 4.42. The van der Waals surface area contributed by atoms with E-state index < -0.39 is 10.0 Å². The summed E-state index contributed by atoms with van der Waals surface area (Å²) in [5, 5.41) is 7.30. The fourth-order valence-electron chi connectivity index (χ4n) is 1.77. The number of ether oxygens (including phenoxy) is 1. The normalized spacial score (nSPS) is 11.5. The summed E-state index contributed by atoms with van der Waals surface area (Å²) < 4.78 is 33.7. The number of nitrogens with zero attached hydrogens (tertiary/aromatic N) is 3. The number of nitrogens with one attached hydrogen (secondary N) is 1. The second-order valence-electron chi connectivity index (χ2n) is 4.23. The van der Waals surface area contributed by atoms with Gasteiger partial charge in [-0.05, 0) is 30.7 Å². The molecular weight excluding hydrogens is 280 g/mol. The molecule has 0 aliphatic heterocycles. The van der Waals surface area contributed by atoms with Gasteiger partial charge in [-0.2, -0.15) is 0 Å². The Labute approximate surface area is 117 Å². The monoisotopic (exact) mass is 296 g/mol. The van der Waals surface area contributed by atoms with Crippen LogP contribution >= 0.6 is 0 Å². The lowest BCUT2D eigenvalue weighted by Crippen LogP contribution is -2.27. The van der Waals surface area contributed by atoms with E-state index in [1.165, 1.54) is 18.7 Å². The third kappa shape index (κ3) is 3.34. The van der Waals surface area contributed by atoms with Crippen molar-refractivity contribution in [2.75, 3.05) is 13.7 Å². The summed E-state index contributed by atoms with van der Waals surface area (Å²) in [5.41, 5.74) is 0.640. The smallest absolute Gasteiger partial charge is 0.240 e. The molecule has 1 aromatic carbocycles. The van der Waals surface area contributed by atoms with E-state index in [0.717, 1.165) is 0 Å². The lowest BCUT2D eigenvalue weighted by molar-refractivity contribution is 0.414. The van der Waals surface area contributed by atoms with Crippen LogP contribution in [0.15, 0.2) is 35.7 Å². The van der Waals surface area contributed by atoms with E-state index >= 15 is 0 Å². The highest BCUT2D eigenvalue weighted by molar-refractivity contribution is 7.89. The molecule has 0 radical (unpaired) electrons. The number of hydrogen-bond acceptors (Lipinski definition) is 5. The Morgan fingerprint density at radius 3 is 2.60 bits per heavy atom. The minimum Gasteiger partial charge on any atom is -0.497 e. The molecule has 108 valence electrons. The van der Waals surface area contributed by atoms with Crippen molar-refractivity contribution in [2.45, 2.75) is 18.4 Å². The topological polar surface area (TPSA) is 86.1 Å². The predicted molar refractivity (Wildman–Crippen MR) is 72.9 cm³/mol. The Morgan fingerprint density at radius 1 is 1.30 bits per heavy atom. The molecule has 20 heavy (non-hydrogen) atoms. The van der Waals surface area contributed by atoms with Crippen LogP contribution in [0.1, 0.15) is 5.56 Å². The van der Waals surface area contributed by atoms with Crippen molar-refractivity contribution >= 4 is 10.0 Å². The predicted octanol–water partition coefficient (Wildman–Crippen LogP) is 0.574. The first-order chi connectivity index (χ1) is 9.53. The van der Waals surface area contributed by atoms with Crippen LogP contribution < -0.4 is 9.46 Å². The summed E-state index contributed by atoms with van der Waals surface area (Å²) in [6.45, 7) is 2.48. The Kier molecular flexibility index (Phi) is 4.35. The van der Waals surface area contributed by atoms with Crippen molar-refractivity contribution in [3.8, 4) is 5.75 Å². The molecular formula is C12H16N4O3S. The molecule has 0 saturated heterocycles. The molecule has 0 atom stereocenters. The summed E-state index contributed by atoms with van der Waals surface area (Å²) in [6, 6.07) is 4.85. The van der Waals surface area contributed by atoms with Gasteiger partial charge >= 0.3 is 0 Å². The fourth-order valence-corrected chi connectivity index (χ4v) is 3.02. The zero-order chi connectivity index (χ0) is 14.6. The lowest BCUT2D eigenvalue weighted by atomic mass is 10.2. The minimum absolute atomic E-state index is 0.252. The van der Waals surface area contributed by atoms with Crippen molar-refractivity contribution in [3.05, 3.63) is 36.4 Å². The van der Waals surface area contributed by atoms with Gasteiger partial charge in [-0.3, -0.25) is 0 Å². The van der Waals surface area contributed by atoms with Crippen LogP contribution in [-0.4, -0.2) is 36.8 Å². The molecule has 2 rings (SSSR count). The Morgan fingerprint density at radius 2 is 2.00 bits per heavy atom. The van der Waals surface area contributed by atoms with Crippen molar-refractivity contribution in [3.63, 3.8) is 0 Å². The highest BCUT2D eigenvalue weighted by atomic mass is 32.2. The van der Waals surface area contributed by atoms with E-state index in [4.69, 9.17) is 4.74 Å². The van der Waals surface area contributed by atoms with E-state index in [1.54, 1.807) is 30.7 Å². The third-order valence-electron chi connectivity index (χ3n) is 2.80. The first-order valence-electron chi connectivity index (χ1n) is 5.99. The molecule has 0 unspecified atom stereocenters. The van der Waals surface area contributed by atoms with Crippen molar-refractivity contribution in [1.82, 2.24) is 19.5 Å². The fraction of sp³-hybridized carbons (Fsp3) is 0.333. The molecule has 1 heterocycles. The van der Waals surface area contributed by atoms with Gasteiger partial charge in [0.05, 0.1) is 12.0 Å². The quantitative estimate of drug-likeness (QED) is 0.842. The molecule has 1 N–H and O–H groups in total. The number of aryl methyl sites for hydroxylation is 1. The Hall–Kier alpha value is -1.93. The summed E-state index contributed by atoms with van der Waals surface area (Å²) in [4.78, 5) is 0.252. The van der Waals surface area contributed by atoms with Crippen LogP contribution in [0.2, 0.25) is 0 Å². The molecule has 0 spiro atoms. The van der Waals surface area contributed by atoms with E-state index in [9.17, 15) is 8.42 Å². The van der Waals surface area contributed by atoms with E-state index in [-0.39, 0.29) is 11.4 Å². The van der Waals surface area contributed by atoms with Crippen LogP contribution in [0.5, 0.6) is 5.75 Å². The van der Waals surface area contributed by atoms with Gasteiger partial charge in [0.1, 0.15) is 18.4 Å². The molecule has 2 aromatic rings. The highest BCUT2D eigenvalue weighted by Gasteiger charge is 2.16. The maximum Gasteiger partial charge on any atom is 0.240 e. The first-order valence-corrected chi connectivity index (χ1v) is 7.48. The molecule has 0 saturated carbocycles. The molecule has 1 aromatic heterocycles. The molecule has 0 aliphatic carbocycles. The lowest BCUT2D eigenvalue weighted by Gasteiger charge is -2.10. The summed E-state index contributed by atoms with van der Waals surface area (Å²) >= 11 is 0. The highest BCUT2D eigenvalue weighted by Crippen LogP contribution is 2.20. The summed E-state index contributed by atoms with van der Waals surface area (Å²) in [5.74, 6) is 0.630. The van der Waals surface area contributed by atoms with Gasteiger partial charge in [-0.25, -0.2) is 13.1 Å². The molecule has 0 bridgehead atoms. The maximum absolute atomic E-state index is 12.2. The summed E-state index contributed by atoms with van der Waals surface area (Å²) in [7, 11) is -1.99. The van der Waals surface area contributed by atoms with Crippen LogP contribution in [0.3, 0.4) is 0 Å². The molecule has 7 nitrogen and oxygen atoms in total. The number of benzene rings is 1. The van der Waals surface area contributed by atoms with Crippen LogP contribution in [0, 0.1) is 6.92 Å². The second kappa shape index (κ2) is 6.02. The maximum atomic E-state index is 12.2. The number of rotatable bonds is 6. The zero-order valence-corrected chi connectivity index (χ0v) is 12.1. The second-order valence-corrected chi connectivity index (χ2v) is 5.96. The van der Waals surface area contributed by atoms with Crippen molar-refractivity contribution in [2.24, 2.45) is 0 Å². The van der Waals surface area contributed by atoms with Gasteiger partial charge in [0.25, 0.3) is 0 Å². The minimum atomic E-state index is -3.53. The largest absolute Gasteiger partial charge is 0.497 e. The number of aromatic nitrogens is 3. The van der Waals surface area contributed by atoms with Crippen LogP contribution in [0.4, 0.5) is 0 Å². The standard InChI is InChI=1S/C12H16N4O3S/c1-10-7-11(19-2)3-4-12(10)20(17,18)15-5-6-16-8-13-14-9-16/h3-4,7-9,15H,5-6H2,1-2H3. The number of sulfonamides is 1. The molecule has 0 fully saturated rings. The van der Waals surface area contributed by atoms with Crippen molar-refractivity contribution in [1.29, 1.82) is 0 Å². The van der Waals surface area contributed by atoms with Gasteiger partial charge in [0, 0.05) is 13.1 Å². The van der Waals surface area contributed by atoms with E-state index in [1.807, 2.05) is 0 Å². The van der Waals surface area contributed by atoms with Gasteiger partial charge in [-0.15, -0.1) is 10.2 Å². The Balaban J connectivity index is 2.06. The number of hydrogen-bond donors (Lipinski definition) is 1. The Bertz CT molecular complexity index is 668. The molecule has 0 amide bonds. The van der Waals surface area contributed by atoms with Gasteiger partial charge in [0.2, 0.25) is 10.0 Å². The van der Waals surface area contributed by atoms with Gasteiger partial charge in [-0.1, -0.05) is 0 Å². The zero-order valence-electron chi connectivity index (χ0n) is 11.3. The molecule has 8 heteroatoms. The SMILES string of the molecule is COc1ccc(S(=O)(=O)NCCn2cnnc2)c(C)c1. The van der Waals surface area contributed by atoms with Crippen LogP contribution in [-0.2, 0) is 16.6 Å². The molecule has 0 aliphatic rings. The van der Waals surface area contributed by atoms with E-state index in [0.29, 0.717) is 17.9 Å². The summed E-state index contributed by atoms with van der Waals surface area (Å²) in [6.07, 6.45) is 3.07. The van der Waals surface area contributed by atoms with Crippen LogP contribution in [0.25, 0.3) is 0 Å². The first kappa shape index (κ1) is 14.5. The average Bonchev–Trinajstić information content (AvgIpc) is 2.91. The average molecular weight is 296 g/mol. The number of methoxy groups -OCH3 is 1. The van der Waals surface area contributed by atoms with Gasteiger partial charge in [0.15, 0.2) is 0 Å². The van der Waals surface area contributed by atoms with E-state index in [2.05, 4.69) is 14.9 Å².